The molecule has 5 heterocycles. The van der Waals surface area contributed by atoms with Gasteiger partial charge in [-0.2, -0.15) is 0 Å². The summed E-state index contributed by atoms with van der Waals surface area (Å²) in [6.45, 7) is 28.2. The molecule has 4 nitrogen and oxygen atoms in total. The minimum atomic E-state index is -0.275. The Bertz CT molecular complexity index is 5930. The summed E-state index contributed by atoms with van der Waals surface area (Å²) < 4.78 is 7.68. The SMILES string of the molecule is CC(C)(C)c1cc(-c2ccc3c(c2)B2c4ccc(-n5c6ccccc6c6ccc7c8ccccc8n(-c8ccccc8)c7c65)cc4N(c4c(-c5ccccc5)cc(C(C)(C)C)cc4-c4ccccc4)c4cc(C(C)(C)C)cc(c42)N3c2cccc3c2sc2ccccc23)cc(C(C)(C)C)c1. The van der Waals surface area contributed by atoms with Crippen molar-refractivity contribution in [2.45, 2.75) is 105 Å². The summed E-state index contributed by atoms with van der Waals surface area (Å²) in [4.78, 5) is 5.43. The van der Waals surface area contributed by atoms with Crippen molar-refractivity contribution in [1.82, 2.24) is 9.13 Å². The molecule has 0 bridgehead atoms. The molecule has 0 spiro atoms. The van der Waals surface area contributed by atoms with Crippen LogP contribution in [0.3, 0.4) is 0 Å². The van der Waals surface area contributed by atoms with E-state index in [0.717, 1.165) is 28.3 Å². The molecular formula is C94H81BN4S. The number of rotatable bonds is 7. The summed E-state index contributed by atoms with van der Waals surface area (Å²) in [5.74, 6) is 0. The predicted molar refractivity (Wildman–Crippen MR) is 433 cm³/mol. The van der Waals surface area contributed by atoms with Crippen LogP contribution in [0.25, 0.3) is 109 Å². The second-order valence-electron chi connectivity index (χ2n) is 32.2. The van der Waals surface area contributed by atoms with Crippen LogP contribution in [0.15, 0.2) is 273 Å². The highest BCUT2D eigenvalue weighted by Crippen LogP contribution is 2.55. The van der Waals surface area contributed by atoms with Gasteiger partial charge < -0.3 is 18.9 Å². The molecule has 486 valence electrons. The van der Waals surface area contributed by atoms with Crippen LogP contribution in [0.4, 0.5) is 34.1 Å². The first kappa shape index (κ1) is 61.7. The molecule has 3 aromatic heterocycles. The Hall–Kier alpha value is -10.7. The van der Waals surface area contributed by atoms with Gasteiger partial charge in [0.15, 0.2) is 0 Å². The molecule has 0 fully saturated rings. The topological polar surface area (TPSA) is 16.3 Å². The Morgan fingerprint density at radius 3 is 1.36 bits per heavy atom. The van der Waals surface area contributed by atoms with Crippen molar-refractivity contribution in [2.24, 2.45) is 0 Å². The predicted octanol–water partition coefficient (Wildman–Crippen LogP) is 24.5. The van der Waals surface area contributed by atoms with E-state index in [1.165, 1.54) is 153 Å². The van der Waals surface area contributed by atoms with Crippen LogP contribution in [-0.2, 0) is 21.7 Å². The summed E-state index contributed by atoms with van der Waals surface area (Å²) in [7, 11) is 0. The van der Waals surface area contributed by atoms with Crippen LogP contribution in [0.2, 0.25) is 0 Å². The standard InChI is InChI=1S/C94H81BN4S/c1-91(2,3)62-49-61(50-63(52-62)92(4,5)6)60-43-48-80-77(51-60)95-76-47-44-67(97-79-40-26-23-36-69(79)72-46-45-71-68-35-22-25-39-78(68)96(88(71)89(72)97)66-33-20-15-21-34-66)57-82(76)99(87-74(58-29-16-13-17-30-58)53-64(93(7,8)9)54-75(87)59-31-18-14-19-32-59)84-56-65(94(10,11)12)55-83(86(84)95)98(80)81-41-28-38-73-70-37-24-27-42-85(70)100-90(73)81/h13-57H,1-12H3. The normalized spacial score (nSPS) is 13.3. The number of hydrogen-bond donors (Lipinski definition) is 0. The number of benzene rings is 13. The van der Waals surface area contributed by atoms with Crippen molar-refractivity contribution >= 4 is 132 Å². The van der Waals surface area contributed by atoms with Gasteiger partial charge >= 0.3 is 0 Å². The van der Waals surface area contributed by atoms with E-state index < -0.39 is 0 Å². The number of nitrogens with zero attached hydrogens (tertiary/aromatic N) is 4. The quantitative estimate of drug-likeness (QED) is 0.148. The van der Waals surface area contributed by atoms with Gasteiger partial charge in [0.1, 0.15) is 0 Å². The van der Waals surface area contributed by atoms with E-state index in [1.807, 2.05) is 11.3 Å². The van der Waals surface area contributed by atoms with Crippen molar-refractivity contribution in [3.8, 4) is 44.8 Å². The van der Waals surface area contributed by atoms with Crippen LogP contribution in [0.5, 0.6) is 0 Å². The Balaban J connectivity index is 1.02. The molecule has 0 atom stereocenters. The van der Waals surface area contributed by atoms with E-state index in [4.69, 9.17) is 0 Å². The maximum absolute atomic E-state index is 2.75. The van der Waals surface area contributed by atoms with Crippen LogP contribution in [0, 0.1) is 0 Å². The van der Waals surface area contributed by atoms with Crippen molar-refractivity contribution < 1.29 is 0 Å². The molecule has 0 aliphatic carbocycles. The Morgan fingerprint density at radius 2 is 0.780 bits per heavy atom. The first-order valence-electron chi connectivity index (χ1n) is 35.6. The minimum Gasteiger partial charge on any atom is -0.310 e. The van der Waals surface area contributed by atoms with E-state index in [-0.39, 0.29) is 28.4 Å². The van der Waals surface area contributed by atoms with E-state index in [2.05, 4.69) is 375 Å². The molecule has 16 aromatic rings. The zero-order valence-electron chi connectivity index (χ0n) is 59.3. The number of thiophene rings is 1. The van der Waals surface area contributed by atoms with E-state index in [0.29, 0.717) is 0 Å². The summed E-state index contributed by atoms with van der Waals surface area (Å²) in [5.41, 5.74) is 29.6. The maximum Gasteiger partial charge on any atom is 0.252 e. The van der Waals surface area contributed by atoms with Crippen LogP contribution in [-0.4, -0.2) is 15.8 Å². The van der Waals surface area contributed by atoms with Gasteiger partial charge in [-0.3, -0.25) is 0 Å². The maximum atomic E-state index is 2.75. The Morgan fingerprint density at radius 1 is 0.290 bits per heavy atom. The van der Waals surface area contributed by atoms with Crippen molar-refractivity contribution in [3.05, 3.63) is 295 Å². The first-order chi connectivity index (χ1) is 48.2. The molecule has 2 aliphatic rings. The summed E-state index contributed by atoms with van der Waals surface area (Å²) >= 11 is 1.91. The third kappa shape index (κ3) is 9.68. The van der Waals surface area contributed by atoms with Crippen molar-refractivity contribution in [3.63, 3.8) is 0 Å². The van der Waals surface area contributed by atoms with Crippen LogP contribution in [0.1, 0.15) is 105 Å². The third-order valence-electron chi connectivity index (χ3n) is 21.7. The van der Waals surface area contributed by atoms with Gasteiger partial charge in [-0.25, -0.2) is 0 Å². The van der Waals surface area contributed by atoms with Crippen LogP contribution < -0.4 is 26.2 Å². The van der Waals surface area contributed by atoms with E-state index >= 15 is 0 Å². The molecular weight excluding hydrogens is 1230 g/mol. The van der Waals surface area contributed by atoms with Crippen molar-refractivity contribution in [2.75, 3.05) is 9.80 Å². The van der Waals surface area contributed by atoms with Gasteiger partial charge in [0.2, 0.25) is 0 Å². The fraction of sp³-hybridized carbons (Fsp3) is 0.170. The van der Waals surface area contributed by atoms with Crippen molar-refractivity contribution in [1.29, 1.82) is 0 Å². The average Bonchev–Trinajstić information content (AvgIpc) is 1.00. The molecule has 2 aliphatic heterocycles. The molecule has 18 rings (SSSR count). The van der Waals surface area contributed by atoms with Gasteiger partial charge in [0.25, 0.3) is 6.71 Å². The zero-order chi connectivity index (χ0) is 68.5. The summed E-state index contributed by atoms with van der Waals surface area (Å²) in [6.07, 6.45) is 0. The van der Waals surface area contributed by atoms with E-state index in [9.17, 15) is 0 Å². The second-order valence-corrected chi connectivity index (χ2v) is 33.2. The lowest BCUT2D eigenvalue weighted by molar-refractivity contribution is 0.569. The van der Waals surface area contributed by atoms with Gasteiger partial charge in [-0.15, -0.1) is 11.3 Å². The molecule has 0 radical (unpaired) electrons. The first-order valence-corrected chi connectivity index (χ1v) is 36.4. The highest BCUT2D eigenvalue weighted by molar-refractivity contribution is 7.26. The number of aromatic nitrogens is 2. The highest BCUT2D eigenvalue weighted by Gasteiger charge is 2.46. The molecule has 100 heavy (non-hydrogen) atoms. The molecule has 6 heteroatoms. The fourth-order valence-electron chi connectivity index (χ4n) is 16.4. The molecule has 0 saturated heterocycles. The summed E-state index contributed by atoms with van der Waals surface area (Å²) in [5, 5.41) is 7.44. The Labute approximate surface area is 592 Å². The zero-order valence-corrected chi connectivity index (χ0v) is 60.1. The second kappa shape index (κ2) is 22.4. The fourth-order valence-corrected chi connectivity index (χ4v) is 17.6. The van der Waals surface area contributed by atoms with Crippen LogP contribution >= 0.6 is 11.3 Å². The highest BCUT2D eigenvalue weighted by atomic mass is 32.1. The molecule has 0 N–H and O–H groups in total. The lowest BCUT2D eigenvalue weighted by Gasteiger charge is -2.46. The number of anilines is 6. The largest absolute Gasteiger partial charge is 0.310 e. The number of fused-ring (bicyclic) bond motifs is 14. The lowest BCUT2D eigenvalue weighted by atomic mass is 9.33. The van der Waals surface area contributed by atoms with Gasteiger partial charge in [0.05, 0.1) is 38.1 Å². The van der Waals surface area contributed by atoms with E-state index in [1.54, 1.807) is 0 Å². The average molecular weight is 1310 g/mol. The lowest BCUT2D eigenvalue weighted by Crippen LogP contribution is -2.61. The smallest absolute Gasteiger partial charge is 0.252 e. The number of hydrogen-bond acceptors (Lipinski definition) is 3. The van der Waals surface area contributed by atoms with Gasteiger partial charge in [-0.1, -0.05) is 277 Å². The molecule has 0 amide bonds. The minimum absolute atomic E-state index is 0.0748. The third-order valence-corrected chi connectivity index (χ3v) is 22.9. The molecule has 13 aromatic carbocycles. The Kier molecular flexibility index (Phi) is 13.8. The molecule has 0 unspecified atom stereocenters. The summed E-state index contributed by atoms with van der Waals surface area (Å²) in [6, 6.07) is 105. The van der Waals surface area contributed by atoms with Gasteiger partial charge in [-0.05, 0) is 161 Å². The van der Waals surface area contributed by atoms with Gasteiger partial charge in [0, 0.05) is 82.3 Å². The monoisotopic (exact) mass is 1310 g/mol. The number of para-hydroxylation sites is 3. The molecule has 0 saturated carbocycles.